The molecule has 1 aromatic carbocycles. The van der Waals surface area contributed by atoms with Crippen LogP contribution in [0.3, 0.4) is 0 Å². The van der Waals surface area contributed by atoms with Crippen molar-refractivity contribution in [2.24, 2.45) is 0 Å². The Balaban J connectivity index is 2.10. The predicted octanol–water partition coefficient (Wildman–Crippen LogP) is 3.82. The Morgan fingerprint density at radius 2 is 2.37 bits per heavy atom. The minimum absolute atomic E-state index is 0.237. The van der Waals surface area contributed by atoms with Crippen molar-refractivity contribution in [1.29, 1.82) is 0 Å². The van der Waals surface area contributed by atoms with Gasteiger partial charge in [0.1, 0.15) is 0 Å². The summed E-state index contributed by atoms with van der Waals surface area (Å²) in [4.78, 5) is 15.4. The number of carboxylic acid groups (broad SMARTS) is 1. The van der Waals surface area contributed by atoms with Crippen LogP contribution in [-0.2, 0) is 0 Å². The number of hydrogen-bond donors (Lipinski definition) is 2. The lowest BCUT2D eigenvalue weighted by atomic mass is 10.1. The van der Waals surface area contributed by atoms with E-state index < -0.39 is 5.97 Å². The van der Waals surface area contributed by atoms with Gasteiger partial charge in [0.15, 0.2) is 0 Å². The fraction of sp³-hybridized carbons (Fsp3) is 0.231. The Morgan fingerprint density at radius 3 is 3.00 bits per heavy atom. The number of benzene rings is 1. The third-order valence-corrected chi connectivity index (χ3v) is 4.18. The number of carboxylic acids is 1. The first-order chi connectivity index (χ1) is 9.08. The van der Waals surface area contributed by atoms with Gasteiger partial charge in [-0.25, -0.2) is 9.78 Å². The molecule has 4 nitrogen and oxygen atoms in total. The molecule has 0 spiro atoms. The summed E-state index contributed by atoms with van der Waals surface area (Å²) in [6.07, 6.45) is 1.78. The molecule has 1 unspecified atom stereocenters. The molecular weight excluding hydrogens is 328 g/mol. The third-order valence-electron chi connectivity index (χ3n) is 2.68. The molecule has 0 amide bonds. The van der Waals surface area contributed by atoms with Crippen LogP contribution >= 0.6 is 27.3 Å². The van der Waals surface area contributed by atoms with E-state index in [-0.39, 0.29) is 11.5 Å². The number of aromatic nitrogens is 1. The monoisotopic (exact) mass is 340 g/mol. The van der Waals surface area contributed by atoms with Gasteiger partial charge in [-0.3, -0.25) is 0 Å². The van der Waals surface area contributed by atoms with Crippen molar-refractivity contribution in [3.05, 3.63) is 44.8 Å². The molecule has 1 aromatic heterocycles. The fourth-order valence-electron chi connectivity index (χ4n) is 1.68. The van der Waals surface area contributed by atoms with Crippen LogP contribution in [0.15, 0.2) is 34.2 Å². The minimum atomic E-state index is -0.933. The minimum Gasteiger partial charge on any atom is -0.478 e. The van der Waals surface area contributed by atoms with E-state index in [0.717, 1.165) is 9.48 Å². The molecule has 0 saturated heterocycles. The summed E-state index contributed by atoms with van der Waals surface area (Å²) in [6.45, 7) is 2.70. The first-order valence-electron chi connectivity index (χ1n) is 5.74. The Hall–Kier alpha value is -1.40. The summed E-state index contributed by atoms with van der Waals surface area (Å²) in [5, 5.41) is 15.3. The highest BCUT2D eigenvalue weighted by Crippen LogP contribution is 2.24. The second kappa shape index (κ2) is 6.16. The van der Waals surface area contributed by atoms with Crippen molar-refractivity contribution >= 4 is 38.9 Å². The number of hydrogen-bond acceptors (Lipinski definition) is 4. The van der Waals surface area contributed by atoms with Gasteiger partial charge in [0.2, 0.25) is 0 Å². The van der Waals surface area contributed by atoms with Crippen LogP contribution in [0, 0.1) is 0 Å². The standard InChI is InChI=1S/C13H13BrN2O2S/c1-8(12-15-4-5-19-12)7-16-11-6-9(14)2-3-10(11)13(17)18/h2-6,8,16H,7H2,1H3,(H,17,18). The Morgan fingerprint density at radius 1 is 1.58 bits per heavy atom. The summed E-state index contributed by atoms with van der Waals surface area (Å²) in [7, 11) is 0. The van der Waals surface area contributed by atoms with Crippen LogP contribution in [0.5, 0.6) is 0 Å². The zero-order chi connectivity index (χ0) is 13.8. The third kappa shape index (κ3) is 3.54. The van der Waals surface area contributed by atoms with Crippen LogP contribution < -0.4 is 5.32 Å². The number of thiazole rings is 1. The first kappa shape index (κ1) is 14.0. The second-order valence-electron chi connectivity index (χ2n) is 4.15. The number of rotatable bonds is 5. The van der Waals surface area contributed by atoms with E-state index in [2.05, 4.69) is 33.2 Å². The van der Waals surface area contributed by atoms with Gasteiger partial charge >= 0.3 is 5.97 Å². The van der Waals surface area contributed by atoms with Crippen LogP contribution in [0.4, 0.5) is 5.69 Å². The molecule has 0 bridgehead atoms. The van der Waals surface area contributed by atoms with Crippen molar-refractivity contribution in [3.63, 3.8) is 0 Å². The average Bonchev–Trinajstić information content (AvgIpc) is 2.89. The van der Waals surface area contributed by atoms with E-state index in [1.54, 1.807) is 35.7 Å². The van der Waals surface area contributed by atoms with Gasteiger partial charge < -0.3 is 10.4 Å². The van der Waals surface area contributed by atoms with Crippen LogP contribution in [0.2, 0.25) is 0 Å². The highest BCUT2D eigenvalue weighted by Gasteiger charge is 2.13. The molecule has 0 fully saturated rings. The van der Waals surface area contributed by atoms with Gasteiger partial charge in [-0.2, -0.15) is 0 Å². The molecule has 0 aliphatic rings. The zero-order valence-corrected chi connectivity index (χ0v) is 12.7. The molecule has 2 aromatic rings. The van der Waals surface area contributed by atoms with Crippen molar-refractivity contribution < 1.29 is 9.90 Å². The van der Waals surface area contributed by atoms with Gasteiger partial charge in [0.05, 0.1) is 10.6 Å². The van der Waals surface area contributed by atoms with E-state index in [4.69, 9.17) is 5.11 Å². The smallest absolute Gasteiger partial charge is 0.337 e. The number of halogens is 1. The summed E-state index contributed by atoms with van der Waals surface area (Å²) < 4.78 is 0.849. The van der Waals surface area contributed by atoms with E-state index >= 15 is 0 Å². The molecule has 0 radical (unpaired) electrons. The lowest BCUT2D eigenvalue weighted by Crippen LogP contribution is -2.12. The maximum Gasteiger partial charge on any atom is 0.337 e. The van der Waals surface area contributed by atoms with Gasteiger partial charge in [-0.1, -0.05) is 22.9 Å². The number of nitrogens with one attached hydrogen (secondary N) is 1. The Kier molecular flexibility index (Phi) is 4.55. The predicted molar refractivity (Wildman–Crippen MR) is 80.1 cm³/mol. The number of carbonyl (C=O) groups is 1. The molecule has 2 N–H and O–H groups in total. The molecule has 19 heavy (non-hydrogen) atoms. The van der Waals surface area contributed by atoms with Crippen LogP contribution in [0.25, 0.3) is 0 Å². The second-order valence-corrected chi connectivity index (χ2v) is 5.99. The topological polar surface area (TPSA) is 62.2 Å². The van der Waals surface area contributed by atoms with Crippen molar-refractivity contribution in [1.82, 2.24) is 4.98 Å². The van der Waals surface area contributed by atoms with Gasteiger partial charge in [-0.15, -0.1) is 11.3 Å². The van der Waals surface area contributed by atoms with Gasteiger partial charge in [-0.05, 0) is 18.2 Å². The summed E-state index contributed by atoms with van der Waals surface area (Å²) in [6, 6.07) is 5.08. The first-order valence-corrected chi connectivity index (χ1v) is 7.41. The molecule has 0 aliphatic carbocycles. The van der Waals surface area contributed by atoms with Crippen LogP contribution in [-0.4, -0.2) is 22.6 Å². The van der Waals surface area contributed by atoms with E-state index in [0.29, 0.717) is 12.2 Å². The summed E-state index contributed by atoms with van der Waals surface area (Å²) >= 11 is 4.95. The van der Waals surface area contributed by atoms with Gasteiger partial charge in [0.25, 0.3) is 0 Å². The summed E-state index contributed by atoms with van der Waals surface area (Å²) in [5.74, 6) is -0.697. The van der Waals surface area contributed by atoms with Crippen molar-refractivity contribution in [2.75, 3.05) is 11.9 Å². The van der Waals surface area contributed by atoms with E-state index in [9.17, 15) is 4.79 Å². The number of nitrogens with zero attached hydrogens (tertiary/aromatic N) is 1. The zero-order valence-electron chi connectivity index (χ0n) is 10.3. The molecule has 1 atom stereocenters. The lowest BCUT2D eigenvalue weighted by molar-refractivity contribution is 0.0698. The molecule has 100 valence electrons. The maximum absolute atomic E-state index is 11.1. The summed E-state index contributed by atoms with van der Waals surface area (Å²) in [5.41, 5.74) is 0.889. The quantitative estimate of drug-likeness (QED) is 0.868. The van der Waals surface area contributed by atoms with Crippen molar-refractivity contribution in [3.8, 4) is 0 Å². The SMILES string of the molecule is CC(CNc1cc(Br)ccc1C(=O)O)c1nccs1. The fourth-order valence-corrected chi connectivity index (χ4v) is 2.74. The molecule has 6 heteroatoms. The molecule has 1 heterocycles. The lowest BCUT2D eigenvalue weighted by Gasteiger charge is -2.13. The maximum atomic E-state index is 11.1. The normalized spacial score (nSPS) is 12.1. The van der Waals surface area contributed by atoms with Gasteiger partial charge in [0, 0.05) is 34.2 Å². The molecule has 2 rings (SSSR count). The Bertz CT molecular complexity index is 572. The van der Waals surface area contributed by atoms with E-state index in [1.807, 2.05) is 5.38 Å². The van der Waals surface area contributed by atoms with E-state index in [1.165, 1.54) is 0 Å². The highest BCUT2D eigenvalue weighted by molar-refractivity contribution is 9.10. The Labute approximate surface area is 123 Å². The van der Waals surface area contributed by atoms with Crippen molar-refractivity contribution in [2.45, 2.75) is 12.8 Å². The number of anilines is 1. The number of aromatic carboxylic acids is 1. The highest BCUT2D eigenvalue weighted by atomic mass is 79.9. The molecule has 0 saturated carbocycles. The largest absolute Gasteiger partial charge is 0.478 e. The van der Waals surface area contributed by atoms with Crippen LogP contribution in [0.1, 0.15) is 28.2 Å². The average molecular weight is 341 g/mol. The molecular formula is C13H13BrN2O2S. The molecule has 0 aliphatic heterocycles.